The number of carbonyl (C=O) groups is 2. The number of halogens is 2. The van der Waals surface area contributed by atoms with E-state index in [0.29, 0.717) is 5.56 Å². The van der Waals surface area contributed by atoms with Crippen LogP contribution in [0.15, 0.2) is 18.2 Å². The number of carboxylic acids is 1. The summed E-state index contributed by atoms with van der Waals surface area (Å²) in [5.41, 5.74) is 0.412. The summed E-state index contributed by atoms with van der Waals surface area (Å²) in [5, 5.41) is 8.54. The fraction of sp³-hybridized carbons (Fsp3) is 0.333. The van der Waals surface area contributed by atoms with Crippen LogP contribution in [-0.2, 0) is 16.1 Å². The van der Waals surface area contributed by atoms with Gasteiger partial charge >= 0.3 is 5.97 Å². The van der Waals surface area contributed by atoms with Crippen LogP contribution in [-0.4, -0.2) is 28.4 Å². The van der Waals surface area contributed by atoms with E-state index in [2.05, 4.69) is 0 Å². The van der Waals surface area contributed by atoms with E-state index in [-0.39, 0.29) is 25.4 Å². The molecule has 0 heterocycles. The van der Waals surface area contributed by atoms with Crippen LogP contribution >= 0.6 is 0 Å². The van der Waals surface area contributed by atoms with Crippen LogP contribution in [0.2, 0.25) is 0 Å². The van der Waals surface area contributed by atoms with Crippen molar-refractivity contribution in [2.45, 2.75) is 19.9 Å². The molecule has 0 spiro atoms. The van der Waals surface area contributed by atoms with Gasteiger partial charge in [-0.2, -0.15) is 0 Å². The molecule has 6 heteroatoms. The summed E-state index contributed by atoms with van der Waals surface area (Å²) in [6.07, 6.45) is -0.191. The van der Waals surface area contributed by atoms with Crippen LogP contribution < -0.4 is 0 Å². The average molecular weight is 257 g/mol. The lowest BCUT2D eigenvalue weighted by atomic mass is 10.2. The van der Waals surface area contributed by atoms with Crippen LogP contribution in [0, 0.1) is 11.6 Å². The number of carboxylic acid groups (broad SMARTS) is 1. The molecule has 0 saturated heterocycles. The molecular weight excluding hydrogens is 244 g/mol. The van der Waals surface area contributed by atoms with Crippen molar-refractivity contribution in [2.24, 2.45) is 0 Å². The van der Waals surface area contributed by atoms with Gasteiger partial charge in [-0.3, -0.25) is 9.59 Å². The molecule has 1 aromatic rings. The SMILES string of the molecule is CC(=O)N(CCC(=O)O)Cc1ccc(F)c(F)c1. The molecule has 1 rings (SSSR count). The highest BCUT2D eigenvalue weighted by Gasteiger charge is 2.12. The van der Waals surface area contributed by atoms with Gasteiger partial charge in [-0.05, 0) is 17.7 Å². The second kappa shape index (κ2) is 6.09. The van der Waals surface area contributed by atoms with Crippen LogP contribution in [0.4, 0.5) is 8.78 Å². The molecule has 0 bridgehead atoms. The largest absolute Gasteiger partial charge is 0.481 e. The fourth-order valence-electron chi connectivity index (χ4n) is 1.44. The molecule has 18 heavy (non-hydrogen) atoms. The summed E-state index contributed by atoms with van der Waals surface area (Å²) >= 11 is 0. The lowest BCUT2D eigenvalue weighted by Crippen LogP contribution is -2.30. The normalized spacial score (nSPS) is 10.2. The number of benzene rings is 1. The first-order chi connectivity index (χ1) is 8.40. The first-order valence-corrected chi connectivity index (χ1v) is 5.31. The Bertz CT molecular complexity index is 463. The molecule has 0 atom stereocenters. The van der Waals surface area contributed by atoms with Gasteiger partial charge in [0.2, 0.25) is 5.91 Å². The Morgan fingerprint density at radius 2 is 1.94 bits per heavy atom. The minimum atomic E-state index is -1.02. The minimum Gasteiger partial charge on any atom is -0.481 e. The lowest BCUT2D eigenvalue weighted by molar-refractivity contribution is -0.138. The first kappa shape index (κ1) is 14.1. The monoisotopic (exact) mass is 257 g/mol. The van der Waals surface area contributed by atoms with Crippen molar-refractivity contribution >= 4 is 11.9 Å². The lowest BCUT2D eigenvalue weighted by Gasteiger charge is -2.20. The molecular formula is C12H13F2NO3. The Labute approximate surface area is 103 Å². The summed E-state index contributed by atoms with van der Waals surface area (Å²) in [5.74, 6) is -3.29. The van der Waals surface area contributed by atoms with Crippen LogP contribution in [0.5, 0.6) is 0 Å². The maximum atomic E-state index is 13.0. The number of nitrogens with zero attached hydrogens (tertiary/aromatic N) is 1. The summed E-state index contributed by atoms with van der Waals surface area (Å²) in [4.78, 5) is 23.0. The Morgan fingerprint density at radius 3 is 2.44 bits per heavy atom. The Hall–Kier alpha value is -1.98. The number of carbonyl (C=O) groups excluding carboxylic acids is 1. The van der Waals surface area contributed by atoms with E-state index in [9.17, 15) is 18.4 Å². The molecule has 0 aromatic heterocycles. The van der Waals surface area contributed by atoms with Crippen molar-refractivity contribution in [3.63, 3.8) is 0 Å². The smallest absolute Gasteiger partial charge is 0.305 e. The highest BCUT2D eigenvalue weighted by atomic mass is 19.2. The van der Waals surface area contributed by atoms with E-state index < -0.39 is 17.6 Å². The molecule has 4 nitrogen and oxygen atoms in total. The molecule has 0 fully saturated rings. The van der Waals surface area contributed by atoms with Crippen molar-refractivity contribution in [3.05, 3.63) is 35.4 Å². The first-order valence-electron chi connectivity index (χ1n) is 5.31. The third-order valence-corrected chi connectivity index (χ3v) is 2.40. The van der Waals surface area contributed by atoms with Crippen LogP contribution in [0.1, 0.15) is 18.9 Å². The summed E-state index contributed by atoms with van der Waals surface area (Å²) in [7, 11) is 0. The molecule has 0 unspecified atom stereocenters. The molecule has 0 aliphatic rings. The summed E-state index contributed by atoms with van der Waals surface area (Å²) in [6.45, 7) is 1.38. The fourth-order valence-corrected chi connectivity index (χ4v) is 1.44. The quantitative estimate of drug-likeness (QED) is 0.874. The zero-order valence-electron chi connectivity index (χ0n) is 9.82. The Kier molecular flexibility index (Phi) is 4.76. The van der Waals surface area contributed by atoms with Crippen molar-refractivity contribution in [3.8, 4) is 0 Å². The van der Waals surface area contributed by atoms with Crippen molar-refractivity contribution in [1.82, 2.24) is 4.90 Å². The molecule has 1 N–H and O–H groups in total. The maximum Gasteiger partial charge on any atom is 0.305 e. The van der Waals surface area contributed by atoms with Crippen LogP contribution in [0.3, 0.4) is 0 Å². The van der Waals surface area contributed by atoms with Gasteiger partial charge in [-0.1, -0.05) is 6.07 Å². The molecule has 0 saturated carbocycles. The average Bonchev–Trinajstić information content (AvgIpc) is 2.28. The standard InChI is InChI=1S/C12H13F2NO3/c1-8(16)15(5-4-12(17)18)7-9-2-3-10(13)11(14)6-9/h2-3,6H,4-5,7H2,1H3,(H,17,18). The topological polar surface area (TPSA) is 57.6 Å². The van der Waals surface area contributed by atoms with E-state index in [0.717, 1.165) is 12.1 Å². The van der Waals surface area contributed by atoms with E-state index >= 15 is 0 Å². The minimum absolute atomic E-state index is 0.0314. The predicted octanol–water partition coefficient (Wildman–Crippen LogP) is 1.79. The summed E-state index contributed by atoms with van der Waals surface area (Å²) in [6, 6.07) is 3.32. The maximum absolute atomic E-state index is 13.0. The molecule has 0 aliphatic heterocycles. The van der Waals surface area contributed by atoms with Crippen LogP contribution in [0.25, 0.3) is 0 Å². The number of aliphatic carboxylic acids is 1. The van der Waals surface area contributed by atoms with Gasteiger partial charge in [0.05, 0.1) is 6.42 Å². The third kappa shape index (κ3) is 4.12. The number of hydrogen-bond acceptors (Lipinski definition) is 2. The van der Waals surface area contributed by atoms with Gasteiger partial charge in [0.15, 0.2) is 11.6 Å². The second-order valence-corrected chi connectivity index (χ2v) is 3.83. The zero-order valence-corrected chi connectivity index (χ0v) is 9.82. The van der Waals surface area contributed by atoms with E-state index in [4.69, 9.17) is 5.11 Å². The summed E-state index contributed by atoms with van der Waals surface area (Å²) < 4.78 is 25.7. The van der Waals surface area contributed by atoms with Gasteiger partial charge < -0.3 is 10.0 Å². The number of rotatable bonds is 5. The van der Waals surface area contributed by atoms with Crippen molar-refractivity contribution in [2.75, 3.05) is 6.54 Å². The van der Waals surface area contributed by atoms with E-state index in [1.54, 1.807) is 0 Å². The molecule has 98 valence electrons. The molecule has 0 radical (unpaired) electrons. The Balaban J connectivity index is 2.73. The van der Waals surface area contributed by atoms with E-state index in [1.165, 1.54) is 17.9 Å². The van der Waals surface area contributed by atoms with Gasteiger partial charge in [0, 0.05) is 20.0 Å². The van der Waals surface area contributed by atoms with E-state index in [1.807, 2.05) is 0 Å². The van der Waals surface area contributed by atoms with Crippen molar-refractivity contribution < 1.29 is 23.5 Å². The number of hydrogen-bond donors (Lipinski definition) is 1. The molecule has 1 amide bonds. The third-order valence-electron chi connectivity index (χ3n) is 2.40. The highest BCUT2D eigenvalue weighted by Crippen LogP contribution is 2.11. The van der Waals surface area contributed by atoms with Crippen molar-refractivity contribution in [1.29, 1.82) is 0 Å². The van der Waals surface area contributed by atoms with Gasteiger partial charge in [-0.15, -0.1) is 0 Å². The van der Waals surface area contributed by atoms with Gasteiger partial charge in [0.25, 0.3) is 0 Å². The zero-order chi connectivity index (χ0) is 13.7. The predicted molar refractivity (Wildman–Crippen MR) is 59.7 cm³/mol. The second-order valence-electron chi connectivity index (χ2n) is 3.83. The highest BCUT2D eigenvalue weighted by molar-refractivity contribution is 5.74. The Morgan fingerprint density at radius 1 is 1.28 bits per heavy atom. The molecule has 1 aromatic carbocycles. The number of amides is 1. The van der Waals surface area contributed by atoms with Gasteiger partial charge in [0.1, 0.15) is 0 Å². The molecule has 0 aliphatic carbocycles. The van der Waals surface area contributed by atoms with Gasteiger partial charge in [-0.25, -0.2) is 8.78 Å².